The van der Waals surface area contributed by atoms with Crippen molar-refractivity contribution in [3.05, 3.63) is 121 Å². The lowest BCUT2D eigenvalue weighted by atomic mass is 9.59. The molecule has 6 unspecified atom stereocenters. The van der Waals surface area contributed by atoms with E-state index in [1.54, 1.807) is 0 Å². The van der Waals surface area contributed by atoms with Gasteiger partial charge in [-0.25, -0.2) is 49.8 Å². The van der Waals surface area contributed by atoms with E-state index in [-0.39, 0.29) is 23.7 Å². The molecule has 3 saturated carbocycles. The van der Waals surface area contributed by atoms with Gasteiger partial charge in [0.1, 0.15) is 29.1 Å². The molecule has 0 saturated heterocycles. The molecular weight excluding hydrogens is 596 g/mol. The van der Waals surface area contributed by atoms with Gasteiger partial charge in [-0.3, -0.25) is 0 Å². The van der Waals surface area contributed by atoms with Crippen LogP contribution in [0.2, 0.25) is 0 Å². The van der Waals surface area contributed by atoms with Crippen LogP contribution in [0, 0.1) is 23.7 Å². The third kappa shape index (κ3) is 6.84. The lowest BCUT2D eigenvalue weighted by molar-refractivity contribution is 0.0771. The zero-order chi connectivity index (χ0) is 32.1. The van der Waals surface area contributed by atoms with Crippen molar-refractivity contribution in [3.63, 3.8) is 0 Å². The van der Waals surface area contributed by atoms with Gasteiger partial charge in [0.15, 0.2) is 0 Å². The summed E-state index contributed by atoms with van der Waals surface area (Å²) < 4.78 is 0. The van der Waals surface area contributed by atoms with Crippen LogP contribution in [0.4, 0.5) is 0 Å². The molecule has 10 nitrogen and oxygen atoms in total. The van der Waals surface area contributed by atoms with Crippen molar-refractivity contribution in [3.8, 4) is 0 Å². The first-order valence-corrected chi connectivity index (χ1v) is 17.6. The number of hydrogen-bond donors (Lipinski definition) is 0. The molecule has 0 aliphatic heterocycles. The van der Waals surface area contributed by atoms with E-state index in [4.69, 9.17) is 49.8 Å². The normalized spacial score (nSPS) is 30.8. The monoisotopic (exact) mass is 638 g/mol. The van der Waals surface area contributed by atoms with E-state index in [0.717, 1.165) is 80.5 Å². The van der Waals surface area contributed by atoms with Crippen LogP contribution in [-0.4, -0.2) is 49.8 Å². The summed E-state index contributed by atoms with van der Waals surface area (Å²) in [5.41, 5.74) is 0. The summed E-state index contributed by atoms with van der Waals surface area (Å²) in [7, 11) is 0. The second-order valence-corrected chi connectivity index (χ2v) is 14.2. The fourth-order valence-corrected chi connectivity index (χ4v) is 9.34. The molecule has 5 heterocycles. The summed E-state index contributed by atoms with van der Waals surface area (Å²) in [4.78, 5) is 47.6. The SMILES string of the molecule is c1cnc(C2CC(c3ncccn3)CC(C3CC(c4ncccn4)CC(C4CC(c5ncccn5)CC(c5ncccn5)C4)C3)C2)nc1. The standard InChI is InChI=1S/C38H42N10/c1-6-39-34(40-7-1)29-17-25(27-19-30(35-41-8-2-9-42-35)23-31(20-27)36-43-10-3-11-44-36)16-26(18-29)28-21-32(37-45-12-4-13-46-37)24-33(22-28)38-47-14-5-15-48-38/h1-15,25-33H,16-24H2. The minimum absolute atomic E-state index is 0.277. The topological polar surface area (TPSA) is 129 Å². The van der Waals surface area contributed by atoms with Crippen LogP contribution in [0.25, 0.3) is 0 Å². The highest BCUT2D eigenvalue weighted by molar-refractivity contribution is 5.12. The first-order chi connectivity index (χ1) is 23.8. The molecular formula is C38H42N10. The first kappa shape index (κ1) is 30.7. The Kier molecular flexibility index (Phi) is 9.12. The second-order valence-electron chi connectivity index (χ2n) is 14.2. The van der Waals surface area contributed by atoms with E-state index in [1.807, 2.05) is 92.3 Å². The predicted octanol–water partition coefficient (Wildman–Crippen LogP) is 6.87. The Morgan fingerprint density at radius 1 is 0.250 bits per heavy atom. The van der Waals surface area contributed by atoms with Crippen LogP contribution in [0.1, 0.15) is 116 Å². The largest absolute Gasteiger partial charge is 0.241 e. The molecule has 0 N–H and O–H groups in total. The molecule has 48 heavy (non-hydrogen) atoms. The van der Waals surface area contributed by atoms with Crippen molar-refractivity contribution in [2.24, 2.45) is 23.7 Å². The van der Waals surface area contributed by atoms with Crippen molar-refractivity contribution >= 4 is 0 Å². The van der Waals surface area contributed by atoms with E-state index in [1.165, 1.54) is 6.42 Å². The molecule has 6 atom stereocenters. The molecule has 10 heteroatoms. The molecule has 3 aliphatic carbocycles. The Balaban J connectivity index is 1.12. The molecule has 0 radical (unpaired) electrons. The Morgan fingerprint density at radius 3 is 0.667 bits per heavy atom. The Hall–Kier alpha value is -4.60. The van der Waals surface area contributed by atoms with Gasteiger partial charge in [0, 0.05) is 91.6 Å². The third-order valence-electron chi connectivity index (χ3n) is 11.4. The Labute approximate surface area is 281 Å². The van der Waals surface area contributed by atoms with Crippen LogP contribution in [0.15, 0.2) is 92.3 Å². The van der Waals surface area contributed by atoms with Gasteiger partial charge in [0.2, 0.25) is 0 Å². The number of aromatic nitrogens is 10. The zero-order valence-corrected chi connectivity index (χ0v) is 27.2. The molecule has 5 aromatic rings. The van der Waals surface area contributed by atoms with Gasteiger partial charge in [0.25, 0.3) is 0 Å². The molecule has 0 spiro atoms. The summed E-state index contributed by atoms with van der Waals surface area (Å²) in [6.45, 7) is 0. The van der Waals surface area contributed by atoms with Crippen LogP contribution in [0.3, 0.4) is 0 Å². The predicted molar refractivity (Wildman–Crippen MR) is 179 cm³/mol. The Morgan fingerprint density at radius 2 is 0.438 bits per heavy atom. The van der Waals surface area contributed by atoms with Crippen molar-refractivity contribution in [1.82, 2.24) is 49.8 Å². The molecule has 3 fully saturated rings. The van der Waals surface area contributed by atoms with Gasteiger partial charge < -0.3 is 0 Å². The van der Waals surface area contributed by atoms with Crippen molar-refractivity contribution in [2.75, 3.05) is 0 Å². The minimum atomic E-state index is 0.277. The molecule has 5 aromatic heterocycles. The summed E-state index contributed by atoms with van der Waals surface area (Å²) in [5.74, 6) is 8.24. The molecule has 0 aromatic carbocycles. The van der Waals surface area contributed by atoms with E-state index in [2.05, 4.69) is 0 Å². The summed E-state index contributed by atoms with van der Waals surface area (Å²) in [5, 5.41) is 0. The fraction of sp³-hybridized carbons (Fsp3) is 0.474. The van der Waals surface area contributed by atoms with Gasteiger partial charge in [-0.05, 0) is 112 Å². The van der Waals surface area contributed by atoms with Crippen LogP contribution >= 0.6 is 0 Å². The average molecular weight is 639 g/mol. The zero-order valence-electron chi connectivity index (χ0n) is 27.2. The van der Waals surface area contributed by atoms with Crippen molar-refractivity contribution in [2.45, 2.75) is 87.4 Å². The molecule has 0 bridgehead atoms. The van der Waals surface area contributed by atoms with Gasteiger partial charge >= 0.3 is 0 Å². The highest BCUT2D eigenvalue weighted by Gasteiger charge is 2.45. The molecule has 244 valence electrons. The summed E-state index contributed by atoms with van der Waals surface area (Å²) in [6, 6.07) is 9.55. The summed E-state index contributed by atoms with van der Waals surface area (Å²) in [6.07, 6.45) is 28.5. The third-order valence-corrected chi connectivity index (χ3v) is 11.4. The van der Waals surface area contributed by atoms with E-state index in [9.17, 15) is 0 Å². The van der Waals surface area contributed by atoms with Crippen LogP contribution in [-0.2, 0) is 0 Å². The fourth-order valence-electron chi connectivity index (χ4n) is 9.34. The number of rotatable bonds is 7. The number of hydrogen-bond acceptors (Lipinski definition) is 10. The van der Waals surface area contributed by atoms with E-state index in [0.29, 0.717) is 29.6 Å². The highest BCUT2D eigenvalue weighted by atomic mass is 14.9. The molecule has 0 amide bonds. The smallest absolute Gasteiger partial charge is 0.131 e. The maximum Gasteiger partial charge on any atom is 0.131 e. The van der Waals surface area contributed by atoms with Gasteiger partial charge in [0.05, 0.1) is 0 Å². The first-order valence-electron chi connectivity index (χ1n) is 17.6. The van der Waals surface area contributed by atoms with E-state index >= 15 is 0 Å². The second kappa shape index (κ2) is 14.3. The van der Waals surface area contributed by atoms with E-state index < -0.39 is 0 Å². The molecule has 3 aliphatic rings. The van der Waals surface area contributed by atoms with Crippen molar-refractivity contribution in [1.29, 1.82) is 0 Å². The maximum absolute atomic E-state index is 4.82. The quantitative estimate of drug-likeness (QED) is 0.186. The minimum Gasteiger partial charge on any atom is -0.241 e. The maximum atomic E-state index is 4.82. The van der Waals surface area contributed by atoms with Crippen LogP contribution in [0.5, 0.6) is 0 Å². The lowest BCUT2D eigenvalue weighted by Gasteiger charge is -2.46. The molecule has 8 rings (SSSR count). The number of nitrogens with zero attached hydrogens (tertiary/aromatic N) is 10. The van der Waals surface area contributed by atoms with Gasteiger partial charge in [-0.15, -0.1) is 0 Å². The van der Waals surface area contributed by atoms with Gasteiger partial charge in [-0.1, -0.05) is 0 Å². The Bertz CT molecular complexity index is 1510. The van der Waals surface area contributed by atoms with Crippen LogP contribution < -0.4 is 0 Å². The lowest BCUT2D eigenvalue weighted by Crippen LogP contribution is -2.37. The average Bonchev–Trinajstić information content (AvgIpc) is 3.19. The van der Waals surface area contributed by atoms with Crippen molar-refractivity contribution < 1.29 is 0 Å². The highest BCUT2D eigenvalue weighted by Crippen LogP contribution is 2.55. The summed E-state index contributed by atoms with van der Waals surface area (Å²) >= 11 is 0. The van der Waals surface area contributed by atoms with Gasteiger partial charge in [-0.2, -0.15) is 0 Å².